The van der Waals surface area contributed by atoms with Gasteiger partial charge in [0.05, 0.1) is 5.75 Å². The van der Waals surface area contributed by atoms with E-state index in [4.69, 9.17) is 5.73 Å². The number of carbonyl (C=O) groups is 2. The van der Waals surface area contributed by atoms with Crippen molar-refractivity contribution in [3.8, 4) is 17.1 Å². The highest BCUT2D eigenvalue weighted by Crippen LogP contribution is 2.28. The van der Waals surface area contributed by atoms with Gasteiger partial charge in [-0.1, -0.05) is 29.5 Å². The number of nitrogens with zero attached hydrogens (tertiary/aromatic N) is 4. The molecule has 2 aromatic heterocycles. The van der Waals surface area contributed by atoms with Crippen LogP contribution in [0.2, 0.25) is 0 Å². The average molecular weight is 445 g/mol. The standard InChI is InChI=1S/C23H20N6O2S/c1-15-4-10-19(11-5-15)29-22(17-3-2-12-25-13-17)27-28-23(29)32-14-20(30)26-18-8-6-16(7-9-18)21(24)31/h2-13H,14H2,1H3,(H2,24,31)(H,26,30). The van der Waals surface area contributed by atoms with Crippen LogP contribution < -0.4 is 11.1 Å². The Morgan fingerprint density at radius 3 is 2.44 bits per heavy atom. The average Bonchev–Trinajstić information content (AvgIpc) is 3.23. The van der Waals surface area contributed by atoms with Crippen LogP contribution in [0.4, 0.5) is 5.69 Å². The molecule has 0 saturated heterocycles. The van der Waals surface area contributed by atoms with E-state index in [2.05, 4.69) is 20.5 Å². The van der Waals surface area contributed by atoms with Gasteiger partial charge in [-0.3, -0.25) is 19.1 Å². The highest BCUT2D eigenvalue weighted by molar-refractivity contribution is 7.99. The van der Waals surface area contributed by atoms with E-state index in [-0.39, 0.29) is 11.7 Å². The summed E-state index contributed by atoms with van der Waals surface area (Å²) in [4.78, 5) is 27.8. The number of pyridine rings is 1. The van der Waals surface area contributed by atoms with Crippen LogP contribution in [-0.4, -0.2) is 37.3 Å². The summed E-state index contributed by atoms with van der Waals surface area (Å²) >= 11 is 1.28. The number of hydrogen-bond acceptors (Lipinski definition) is 6. The largest absolute Gasteiger partial charge is 0.366 e. The lowest BCUT2D eigenvalue weighted by atomic mass is 10.2. The summed E-state index contributed by atoms with van der Waals surface area (Å²) < 4.78 is 1.91. The fourth-order valence-electron chi connectivity index (χ4n) is 3.02. The van der Waals surface area contributed by atoms with Crippen LogP contribution in [0.1, 0.15) is 15.9 Å². The highest BCUT2D eigenvalue weighted by atomic mass is 32.2. The Morgan fingerprint density at radius 2 is 1.78 bits per heavy atom. The smallest absolute Gasteiger partial charge is 0.248 e. The van der Waals surface area contributed by atoms with Crippen molar-refractivity contribution in [1.82, 2.24) is 19.7 Å². The maximum Gasteiger partial charge on any atom is 0.248 e. The van der Waals surface area contributed by atoms with E-state index in [0.717, 1.165) is 16.8 Å². The molecule has 4 rings (SSSR count). The molecular formula is C23H20N6O2S. The zero-order chi connectivity index (χ0) is 22.5. The van der Waals surface area contributed by atoms with Gasteiger partial charge in [-0.25, -0.2) is 0 Å². The van der Waals surface area contributed by atoms with Gasteiger partial charge in [0.1, 0.15) is 0 Å². The zero-order valence-corrected chi connectivity index (χ0v) is 18.0. The molecule has 2 aromatic carbocycles. The Bertz CT molecular complexity index is 1240. The molecule has 0 spiro atoms. The Hall–Kier alpha value is -3.98. The summed E-state index contributed by atoms with van der Waals surface area (Å²) in [7, 11) is 0. The number of thioether (sulfide) groups is 1. The molecule has 2 heterocycles. The van der Waals surface area contributed by atoms with Gasteiger partial charge in [-0.15, -0.1) is 10.2 Å². The van der Waals surface area contributed by atoms with Crippen molar-refractivity contribution >= 4 is 29.3 Å². The number of nitrogens with one attached hydrogen (secondary N) is 1. The van der Waals surface area contributed by atoms with Gasteiger partial charge in [0.2, 0.25) is 11.8 Å². The van der Waals surface area contributed by atoms with Gasteiger partial charge in [-0.2, -0.15) is 0 Å². The van der Waals surface area contributed by atoms with Crippen molar-refractivity contribution in [3.63, 3.8) is 0 Å². The number of rotatable bonds is 7. The number of primary amides is 1. The summed E-state index contributed by atoms with van der Waals surface area (Å²) in [6.07, 6.45) is 3.43. The lowest BCUT2D eigenvalue weighted by Gasteiger charge is -2.11. The molecule has 0 aliphatic heterocycles. The summed E-state index contributed by atoms with van der Waals surface area (Å²) in [5, 5.41) is 12.1. The first kappa shape index (κ1) is 21.3. The molecule has 32 heavy (non-hydrogen) atoms. The highest BCUT2D eigenvalue weighted by Gasteiger charge is 2.17. The minimum absolute atomic E-state index is 0.134. The second kappa shape index (κ2) is 9.44. The van der Waals surface area contributed by atoms with Crippen molar-refractivity contribution in [2.75, 3.05) is 11.1 Å². The van der Waals surface area contributed by atoms with Gasteiger partial charge >= 0.3 is 0 Å². The second-order valence-corrected chi connectivity index (χ2v) is 7.94. The molecule has 4 aromatic rings. The molecule has 8 nitrogen and oxygen atoms in total. The molecule has 0 aliphatic rings. The number of hydrogen-bond donors (Lipinski definition) is 2. The van der Waals surface area contributed by atoms with E-state index in [1.165, 1.54) is 11.8 Å². The second-order valence-electron chi connectivity index (χ2n) is 7.00. The predicted molar refractivity (Wildman–Crippen MR) is 124 cm³/mol. The van der Waals surface area contributed by atoms with Gasteiger partial charge in [-0.05, 0) is 55.5 Å². The third-order valence-electron chi connectivity index (χ3n) is 4.63. The molecule has 0 unspecified atom stereocenters. The van der Waals surface area contributed by atoms with Crippen LogP contribution in [0.5, 0.6) is 0 Å². The molecular weight excluding hydrogens is 424 g/mol. The summed E-state index contributed by atoms with van der Waals surface area (Å²) in [5.41, 5.74) is 9.06. The van der Waals surface area contributed by atoms with Crippen molar-refractivity contribution in [1.29, 1.82) is 0 Å². The number of anilines is 1. The van der Waals surface area contributed by atoms with Gasteiger partial charge < -0.3 is 11.1 Å². The lowest BCUT2D eigenvalue weighted by molar-refractivity contribution is -0.113. The normalized spacial score (nSPS) is 10.7. The Balaban J connectivity index is 1.54. The third kappa shape index (κ3) is 4.84. The van der Waals surface area contributed by atoms with Gasteiger partial charge in [0.25, 0.3) is 0 Å². The van der Waals surface area contributed by atoms with Crippen LogP contribution >= 0.6 is 11.8 Å². The number of benzene rings is 2. The molecule has 0 saturated carbocycles. The fourth-order valence-corrected chi connectivity index (χ4v) is 3.77. The van der Waals surface area contributed by atoms with Crippen molar-refractivity contribution in [3.05, 3.63) is 84.2 Å². The summed E-state index contributed by atoms with van der Waals surface area (Å²) in [6.45, 7) is 2.02. The Kier molecular flexibility index (Phi) is 6.27. The minimum atomic E-state index is -0.515. The van der Waals surface area contributed by atoms with Crippen LogP contribution in [-0.2, 0) is 4.79 Å². The lowest BCUT2D eigenvalue weighted by Crippen LogP contribution is -2.15. The first-order valence-electron chi connectivity index (χ1n) is 9.76. The Morgan fingerprint density at radius 1 is 1.03 bits per heavy atom. The SMILES string of the molecule is Cc1ccc(-n2c(SCC(=O)Nc3ccc(C(N)=O)cc3)nnc2-c2cccnc2)cc1. The maximum atomic E-state index is 12.5. The molecule has 0 fully saturated rings. The number of amides is 2. The maximum absolute atomic E-state index is 12.5. The zero-order valence-electron chi connectivity index (χ0n) is 17.2. The van der Waals surface area contributed by atoms with E-state index >= 15 is 0 Å². The number of aromatic nitrogens is 4. The molecule has 160 valence electrons. The monoisotopic (exact) mass is 444 g/mol. The molecule has 2 amide bonds. The van der Waals surface area contributed by atoms with Crippen LogP contribution in [0.15, 0.2) is 78.2 Å². The molecule has 0 atom stereocenters. The van der Waals surface area contributed by atoms with Crippen LogP contribution in [0.3, 0.4) is 0 Å². The van der Waals surface area contributed by atoms with Crippen LogP contribution in [0.25, 0.3) is 17.1 Å². The van der Waals surface area contributed by atoms with Gasteiger partial charge in [0.15, 0.2) is 11.0 Å². The minimum Gasteiger partial charge on any atom is -0.366 e. The van der Waals surface area contributed by atoms with E-state index < -0.39 is 5.91 Å². The molecule has 0 aliphatic carbocycles. The predicted octanol–water partition coefficient (Wildman–Crippen LogP) is 3.47. The van der Waals surface area contributed by atoms with Crippen LogP contribution in [0, 0.1) is 6.92 Å². The fraction of sp³-hybridized carbons (Fsp3) is 0.0870. The molecule has 0 bridgehead atoms. The van der Waals surface area contributed by atoms with E-state index in [0.29, 0.717) is 22.2 Å². The molecule has 9 heteroatoms. The quantitative estimate of drug-likeness (QED) is 0.422. The topological polar surface area (TPSA) is 116 Å². The summed E-state index contributed by atoms with van der Waals surface area (Å²) in [6, 6.07) is 18.2. The number of carbonyl (C=O) groups excluding carboxylic acids is 2. The van der Waals surface area contributed by atoms with Crippen molar-refractivity contribution in [2.45, 2.75) is 12.1 Å². The third-order valence-corrected chi connectivity index (χ3v) is 5.56. The van der Waals surface area contributed by atoms with E-state index in [9.17, 15) is 9.59 Å². The first-order valence-corrected chi connectivity index (χ1v) is 10.8. The van der Waals surface area contributed by atoms with Crippen molar-refractivity contribution in [2.24, 2.45) is 5.73 Å². The van der Waals surface area contributed by atoms with E-state index in [1.807, 2.05) is 47.9 Å². The summed E-state index contributed by atoms with van der Waals surface area (Å²) in [5.74, 6) is 0.0580. The van der Waals surface area contributed by atoms with E-state index in [1.54, 1.807) is 36.7 Å². The Labute approximate surface area is 188 Å². The molecule has 3 N–H and O–H groups in total. The molecule has 0 radical (unpaired) electrons. The van der Waals surface area contributed by atoms with Crippen molar-refractivity contribution < 1.29 is 9.59 Å². The number of nitrogens with two attached hydrogens (primary N) is 1. The number of aryl methyl sites for hydroxylation is 1. The first-order chi connectivity index (χ1) is 15.5. The van der Waals surface area contributed by atoms with Gasteiger partial charge in [0, 0.05) is 34.9 Å².